The minimum absolute atomic E-state index is 0.0810. The predicted octanol–water partition coefficient (Wildman–Crippen LogP) is 3.54. The number of fused-ring (bicyclic) bond motifs is 2. The van der Waals surface area contributed by atoms with Gasteiger partial charge in [0.05, 0.1) is 24.9 Å². The van der Waals surface area contributed by atoms with Gasteiger partial charge in [0.25, 0.3) is 5.91 Å². The van der Waals surface area contributed by atoms with Gasteiger partial charge in [-0.3, -0.25) is 9.48 Å². The zero-order valence-corrected chi connectivity index (χ0v) is 16.2. The van der Waals surface area contributed by atoms with Crippen LogP contribution in [-0.2, 0) is 0 Å². The molecule has 1 aromatic carbocycles. The van der Waals surface area contributed by atoms with Crippen molar-refractivity contribution in [3.63, 3.8) is 0 Å². The molecule has 1 saturated carbocycles. The second-order valence-electron chi connectivity index (χ2n) is 7.80. The highest BCUT2D eigenvalue weighted by atomic mass is 16.5. The van der Waals surface area contributed by atoms with Crippen molar-refractivity contribution in [1.82, 2.24) is 14.7 Å². The van der Waals surface area contributed by atoms with Gasteiger partial charge in [0.15, 0.2) is 0 Å². The highest BCUT2D eigenvalue weighted by molar-refractivity contribution is 5.94. The molecule has 2 fully saturated rings. The molecule has 3 atom stereocenters. The molecule has 2 aliphatic rings. The molecule has 1 aromatic heterocycles. The van der Waals surface area contributed by atoms with Crippen molar-refractivity contribution in [3.8, 4) is 11.5 Å². The van der Waals surface area contributed by atoms with Crippen LogP contribution in [-0.4, -0.2) is 46.4 Å². The molecule has 0 unspecified atom stereocenters. The summed E-state index contributed by atoms with van der Waals surface area (Å²) in [5, 5.41) is 4.33. The number of methoxy groups -OCH3 is 1. The minimum Gasteiger partial charge on any atom is -0.497 e. The number of likely N-dealkylation sites (tertiary alicyclic amines) is 1. The second kappa shape index (κ2) is 7.25. The SMILES string of the molecule is COc1ccc(OC[C@H]2[C@H]3CC[C@@H](C3)N2C(=O)c2cnn(C(C)C)c2)cc1. The summed E-state index contributed by atoms with van der Waals surface area (Å²) in [5.74, 6) is 2.22. The number of nitrogens with zero attached hydrogens (tertiary/aromatic N) is 3. The first-order valence-electron chi connectivity index (χ1n) is 9.70. The molecule has 6 nitrogen and oxygen atoms in total. The zero-order valence-electron chi connectivity index (χ0n) is 16.2. The van der Waals surface area contributed by atoms with Crippen LogP contribution in [0, 0.1) is 5.92 Å². The number of aromatic nitrogens is 2. The van der Waals surface area contributed by atoms with E-state index in [4.69, 9.17) is 9.47 Å². The summed E-state index contributed by atoms with van der Waals surface area (Å²) >= 11 is 0. The first kappa shape index (κ1) is 17.9. The minimum atomic E-state index is 0.0810. The molecule has 0 N–H and O–H groups in total. The first-order valence-corrected chi connectivity index (χ1v) is 9.70. The highest BCUT2D eigenvalue weighted by Crippen LogP contribution is 2.43. The first-order chi connectivity index (χ1) is 13.1. The summed E-state index contributed by atoms with van der Waals surface area (Å²) in [6.45, 7) is 4.65. The molecule has 6 heteroatoms. The number of carbonyl (C=O) groups is 1. The van der Waals surface area contributed by atoms with Crippen molar-refractivity contribution in [1.29, 1.82) is 0 Å². The molecule has 27 heavy (non-hydrogen) atoms. The fourth-order valence-electron chi connectivity index (χ4n) is 4.36. The smallest absolute Gasteiger partial charge is 0.257 e. The van der Waals surface area contributed by atoms with Crippen LogP contribution < -0.4 is 9.47 Å². The van der Waals surface area contributed by atoms with Gasteiger partial charge in [0.1, 0.15) is 18.1 Å². The number of benzene rings is 1. The van der Waals surface area contributed by atoms with E-state index in [9.17, 15) is 4.79 Å². The van der Waals surface area contributed by atoms with E-state index in [1.807, 2.05) is 35.1 Å². The van der Waals surface area contributed by atoms with E-state index in [2.05, 4.69) is 23.8 Å². The lowest BCUT2D eigenvalue weighted by Gasteiger charge is -2.35. The van der Waals surface area contributed by atoms with E-state index in [-0.39, 0.29) is 18.0 Å². The molecule has 1 aliphatic heterocycles. The largest absolute Gasteiger partial charge is 0.497 e. The second-order valence-corrected chi connectivity index (χ2v) is 7.80. The van der Waals surface area contributed by atoms with Gasteiger partial charge in [0.2, 0.25) is 0 Å². The van der Waals surface area contributed by atoms with E-state index in [1.165, 1.54) is 6.42 Å². The Morgan fingerprint density at radius 1 is 1.22 bits per heavy atom. The van der Waals surface area contributed by atoms with Gasteiger partial charge in [-0.1, -0.05) is 0 Å². The summed E-state index contributed by atoms with van der Waals surface area (Å²) < 4.78 is 13.1. The maximum Gasteiger partial charge on any atom is 0.257 e. The standard InChI is InChI=1S/C21H27N3O3/c1-14(2)23-12-16(11-22-23)21(25)24-17-5-4-15(10-17)20(24)13-27-19-8-6-18(26-3)7-9-19/h6-9,11-12,14-15,17,20H,4-5,10,13H2,1-3H3/t15-,17-,20-/m0/s1. The van der Waals surface area contributed by atoms with Gasteiger partial charge in [0, 0.05) is 18.3 Å². The van der Waals surface area contributed by atoms with Crippen LogP contribution >= 0.6 is 0 Å². The highest BCUT2D eigenvalue weighted by Gasteiger charge is 2.48. The summed E-state index contributed by atoms with van der Waals surface area (Å²) in [7, 11) is 1.65. The average molecular weight is 369 g/mol. The Hall–Kier alpha value is -2.50. The number of carbonyl (C=O) groups excluding carboxylic acids is 1. The molecule has 1 amide bonds. The topological polar surface area (TPSA) is 56.6 Å². The molecular formula is C21H27N3O3. The van der Waals surface area contributed by atoms with Crippen molar-refractivity contribution in [2.24, 2.45) is 5.92 Å². The monoisotopic (exact) mass is 369 g/mol. The van der Waals surface area contributed by atoms with Crippen LogP contribution in [0.25, 0.3) is 0 Å². The number of amides is 1. The lowest BCUT2D eigenvalue weighted by atomic mass is 9.99. The Kier molecular flexibility index (Phi) is 4.81. The van der Waals surface area contributed by atoms with E-state index < -0.39 is 0 Å². The Morgan fingerprint density at radius 3 is 2.63 bits per heavy atom. The van der Waals surface area contributed by atoms with Crippen molar-refractivity contribution in [3.05, 3.63) is 42.2 Å². The van der Waals surface area contributed by atoms with Gasteiger partial charge in [-0.25, -0.2) is 0 Å². The molecule has 2 heterocycles. The van der Waals surface area contributed by atoms with E-state index >= 15 is 0 Å². The van der Waals surface area contributed by atoms with E-state index in [0.717, 1.165) is 24.3 Å². The number of hydrogen-bond donors (Lipinski definition) is 0. The molecule has 144 valence electrons. The van der Waals surface area contributed by atoms with Crippen LogP contribution in [0.5, 0.6) is 11.5 Å². The van der Waals surface area contributed by atoms with E-state index in [1.54, 1.807) is 13.3 Å². The maximum absolute atomic E-state index is 13.2. The van der Waals surface area contributed by atoms with Crippen molar-refractivity contribution in [2.45, 2.75) is 51.2 Å². The third-order valence-electron chi connectivity index (χ3n) is 5.83. The van der Waals surface area contributed by atoms with Crippen LogP contribution in [0.2, 0.25) is 0 Å². The van der Waals surface area contributed by atoms with Crippen molar-refractivity contribution in [2.75, 3.05) is 13.7 Å². The van der Waals surface area contributed by atoms with Crippen molar-refractivity contribution >= 4 is 5.91 Å². The van der Waals surface area contributed by atoms with Gasteiger partial charge in [-0.2, -0.15) is 5.10 Å². The maximum atomic E-state index is 13.2. The van der Waals surface area contributed by atoms with Gasteiger partial charge >= 0.3 is 0 Å². The van der Waals surface area contributed by atoms with Gasteiger partial charge in [-0.05, 0) is 63.3 Å². The summed E-state index contributed by atoms with van der Waals surface area (Å²) in [4.78, 5) is 15.2. The number of rotatable bonds is 6. The van der Waals surface area contributed by atoms with Gasteiger partial charge in [-0.15, -0.1) is 0 Å². The summed E-state index contributed by atoms with van der Waals surface area (Å²) in [6.07, 6.45) is 6.90. The van der Waals surface area contributed by atoms with Crippen LogP contribution in [0.4, 0.5) is 0 Å². The molecule has 0 radical (unpaired) electrons. The van der Waals surface area contributed by atoms with Gasteiger partial charge < -0.3 is 14.4 Å². The third kappa shape index (κ3) is 3.40. The predicted molar refractivity (Wildman–Crippen MR) is 102 cm³/mol. The Morgan fingerprint density at radius 2 is 1.96 bits per heavy atom. The summed E-state index contributed by atoms with van der Waals surface area (Å²) in [5.41, 5.74) is 0.672. The average Bonchev–Trinajstić information content (AvgIpc) is 3.41. The molecule has 4 rings (SSSR count). The quantitative estimate of drug-likeness (QED) is 0.781. The summed E-state index contributed by atoms with van der Waals surface area (Å²) in [6, 6.07) is 8.29. The Labute approximate surface area is 160 Å². The van der Waals surface area contributed by atoms with Crippen molar-refractivity contribution < 1.29 is 14.3 Å². The number of piperidine rings is 1. The normalized spacial score (nSPS) is 23.9. The fraction of sp³-hybridized carbons (Fsp3) is 0.524. The molecule has 1 saturated heterocycles. The number of hydrogen-bond acceptors (Lipinski definition) is 4. The molecule has 2 bridgehead atoms. The zero-order chi connectivity index (χ0) is 19.0. The molecular weight excluding hydrogens is 342 g/mol. The molecule has 1 aliphatic carbocycles. The van der Waals surface area contributed by atoms with E-state index in [0.29, 0.717) is 24.1 Å². The molecule has 0 spiro atoms. The Balaban J connectivity index is 1.47. The number of ether oxygens (including phenoxy) is 2. The third-order valence-corrected chi connectivity index (χ3v) is 5.83. The van der Waals surface area contributed by atoms with Crippen LogP contribution in [0.15, 0.2) is 36.7 Å². The van der Waals surface area contributed by atoms with Crippen LogP contribution in [0.3, 0.4) is 0 Å². The lowest BCUT2D eigenvalue weighted by molar-refractivity contribution is 0.0505. The fourth-order valence-corrected chi connectivity index (χ4v) is 4.36. The van der Waals surface area contributed by atoms with Crippen LogP contribution in [0.1, 0.15) is 49.5 Å². The molecule has 2 aromatic rings. The lowest BCUT2D eigenvalue weighted by Crippen LogP contribution is -2.47. The Bertz CT molecular complexity index is 799.